The van der Waals surface area contributed by atoms with Crippen molar-refractivity contribution in [3.8, 4) is 0 Å². The zero-order chi connectivity index (χ0) is 18.2. The monoisotopic (exact) mass is 341 g/mol. The van der Waals surface area contributed by atoms with E-state index in [2.05, 4.69) is 15.6 Å². The molecule has 0 fully saturated rings. The van der Waals surface area contributed by atoms with E-state index in [1.54, 1.807) is 19.1 Å². The molecular formula is C19H23N3O3. The lowest BCUT2D eigenvalue weighted by Gasteiger charge is -2.15. The van der Waals surface area contributed by atoms with Gasteiger partial charge in [0.05, 0.1) is 12.2 Å². The third kappa shape index (κ3) is 5.31. The second kappa shape index (κ2) is 8.82. The minimum absolute atomic E-state index is 0.00943. The highest BCUT2D eigenvalue weighted by Gasteiger charge is 2.09. The molecule has 0 radical (unpaired) electrons. The highest BCUT2D eigenvalue weighted by Crippen LogP contribution is 2.20. The van der Waals surface area contributed by atoms with Crippen LogP contribution in [0.15, 0.2) is 42.6 Å². The van der Waals surface area contributed by atoms with E-state index in [0.717, 1.165) is 11.3 Å². The first-order valence-corrected chi connectivity index (χ1v) is 8.33. The summed E-state index contributed by atoms with van der Waals surface area (Å²) in [7, 11) is 0. The maximum absolute atomic E-state index is 11.6. The third-order valence-electron chi connectivity index (χ3n) is 3.65. The lowest BCUT2D eigenvalue weighted by Crippen LogP contribution is -2.11. The summed E-state index contributed by atoms with van der Waals surface area (Å²) in [5.74, 6) is 0.285. The van der Waals surface area contributed by atoms with Crippen LogP contribution in [0.2, 0.25) is 0 Å². The number of esters is 1. The second-order valence-corrected chi connectivity index (χ2v) is 5.54. The Morgan fingerprint density at radius 1 is 1.12 bits per heavy atom. The molecule has 0 spiro atoms. The minimum Gasteiger partial charge on any atom is -0.462 e. The van der Waals surface area contributed by atoms with Gasteiger partial charge in [-0.15, -0.1) is 0 Å². The second-order valence-electron chi connectivity index (χ2n) is 5.54. The topological polar surface area (TPSA) is 80.3 Å². The smallest absolute Gasteiger partial charge is 0.339 e. The molecule has 1 amide bonds. The molecule has 1 aromatic heterocycles. The Labute approximate surface area is 147 Å². The van der Waals surface area contributed by atoms with E-state index in [-0.39, 0.29) is 17.9 Å². The Morgan fingerprint density at radius 3 is 2.40 bits per heavy atom. The normalized spacial score (nSPS) is 11.5. The number of amides is 1. The van der Waals surface area contributed by atoms with Crippen LogP contribution in [0.25, 0.3) is 0 Å². The summed E-state index contributed by atoms with van der Waals surface area (Å²) in [6.07, 6.45) is 1.95. The van der Waals surface area contributed by atoms with Gasteiger partial charge in [0.15, 0.2) is 0 Å². The van der Waals surface area contributed by atoms with Gasteiger partial charge in [-0.3, -0.25) is 4.79 Å². The molecule has 1 aromatic carbocycles. The number of aromatic nitrogens is 1. The number of ether oxygens (including phenoxy) is 1. The van der Waals surface area contributed by atoms with Crippen LogP contribution in [0.3, 0.4) is 0 Å². The fourth-order valence-electron chi connectivity index (χ4n) is 2.22. The Balaban J connectivity index is 1.98. The van der Waals surface area contributed by atoms with Gasteiger partial charge in [-0.25, -0.2) is 9.78 Å². The molecule has 6 nitrogen and oxygen atoms in total. The highest BCUT2D eigenvalue weighted by molar-refractivity contribution is 5.90. The lowest BCUT2D eigenvalue weighted by molar-refractivity contribution is -0.115. The van der Waals surface area contributed by atoms with Gasteiger partial charge in [-0.2, -0.15) is 0 Å². The minimum atomic E-state index is -0.376. The summed E-state index contributed by atoms with van der Waals surface area (Å²) in [4.78, 5) is 27.3. The summed E-state index contributed by atoms with van der Waals surface area (Å²) in [5, 5.41) is 6.10. The number of carbonyl (C=O) groups is 2. The van der Waals surface area contributed by atoms with Crippen LogP contribution >= 0.6 is 0 Å². The van der Waals surface area contributed by atoms with E-state index in [1.807, 2.05) is 38.1 Å². The number of rotatable bonds is 7. The van der Waals surface area contributed by atoms with Gasteiger partial charge in [-0.1, -0.05) is 19.1 Å². The molecule has 0 saturated heterocycles. The average molecular weight is 341 g/mol. The van der Waals surface area contributed by atoms with Crippen molar-refractivity contribution in [2.45, 2.75) is 33.2 Å². The maximum Gasteiger partial charge on any atom is 0.339 e. The third-order valence-corrected chi connectivity index (χ3v) is 3.65. The molecule has 1 atom stereocenters. The fourth-order valence-corrected chi connectivity index (χ4v) is 2.22. The van der Waals surface area contributed by atoms with Crippen molar-refractivity contribution in [1.29, 1.82) is 0 Å². The van der Waals surface area contributed by atoms with Crippen molar-refractivity contribution >= 4 is 23.4 Å². The predicted molar refractivity (Wildman–Crippen MR) is 97.6 cm³/mol. The molecule has 132 valence electrons. The van der Waals surface area contributed by atoms with Gasteiger partial charge >= 0.3 is 5.97 Å². The van der Waals surface area contributed by atoms with E-state index in [4.69, 9.17) is 4.74 Å². The van der Waals surface area contributed by atoms with Gasteiger partial charge in [-0.05, 0) is 43.7 Å². The van der Waals surface area contributed by atoms with Gasteiger partial charge in [0, 0.05) is 24.3 Å². The molecule has 0 aliphatic heterocycles. The molecule has 6 heteroatoms. The summed E-state index contributed by atoms with van der Waals surface area (Å²) >= 11 is 0. The van der Waals surface area contributed by atoms with Crippen LogP contribution < -0.4 is 10.6 Å². The molecule has 0 saturated carbocycles. The van der Waals surface area contributed by atoms with Crippen LogP contribution in [0.5, 0.6) is 0 Å². The fraction of sp³-hybridized carbons (Fsp3) is 0.316. The highest BCUT2D eigenvalue weighted by atomic mass is 16.5. The van der Waals surface area contributed by atoms with Crippen molar-refractivity contribution in [2.24, 2.45) is 0 Å². The number of pyridine rings is 1. The number of benzene rings is 1. The number of nitrogens with one attached hydrogen (secondary N) is 2. The average Bonchev–Trinajstić information content (AvgIpc) is 2.63. The van der Waals surface area contributed by atoms with Crippen LogP contribution in [-0.4, -0.2) is 23.5 Å². The van der Waals surface area contributed by atoms with E-state index in [0.29, 0.717) is 24.4 Å². The first-order chi connectivity index (χ1) is 12.0. The largest absolute Gasteiger partial charge is 0.462 e. The molecule has 0 aliphatic carbocycles. The van der Waals surface area contributed by atoms with Crippen LogP contribution in [0.1, 0.15) is 49.2 Å². The Kier molecular flexibility index (Phi) is 6.51. The van der Waals surface area contributed by atoms with Crippen LogP contribution in [-0.2, 0) is 9.53 Å². The van der Waals surface area contributed by atoms with Crippen molar-refractivity contribution < 1.29 is 14.3 Å². The first kappa shape index (κ1) is 18.4. The summed E-state index contributed by atoms with van der Waals surface area (Å²) in [6, 6.07) is 11.1. The Morgan fingerprint density at radius 2 is 1.84 bits per heavy atom. The summed E-state index contributed by atoms with van der Waals surface area (Å²) < 4.78 is 4.94. The zero-order valence-corrected chi connectivity index (χ0v) is 14.7. The van der Waals surface area contributed by atoms with Crippen molar-refractivity contribution in [3.63, 3.8) is 0 Å². The van der Waals surface area contributed by atoms with Crippen molar-refractivity contribution in [2.75, 3.05) is 17.2 Å². The molecular weight excluding hydrogens is 318 g/mol. The molecule has 0 aliphatic rings. The van der Waals surface area contributed by atoms with Gasteiger partial charge < -0.3 is 15.4 Å². The SMILES string of the molecule is CCOC(=O)c1ccc(NC(C)c2ccc(NC(=O)CC)cc2)nc1. The number of hydrogen-bond acceptors (Lipinski definition) is 5. The number of carbonyl (C=O) groups excluding carboxylic acids is 2. The predicted octanol–water partition coefficient (Wildman–Crippen LogP) is 3.78. The number of anilines is 2. The molecule has 2 aromatic rings. The molecule has 1 unspecified atom stereocenters. The maximum atomic E-state index is 11.6. The van der Waals surface area contributed by atoms with Crippen molar-refractivity contribution in [3.05, 3.63) is 53.7 Å². The molecule has 0 bridgehead atoms. The molecule has 1 heterocycles. The first-order valence-electron chi connectivity index (χ1n) is 8.33. The van der Waals surface area contributed by atoms with E-state index in [9.17, 15) is 9.59 Å². The molecule has 2 N–H and O–H groups in total. The van der Waals surface area contributed by atoms with Gasteiger partial charge in [0.1, 0.15) is 5.82 Å². The van der Waals surface area contributed by atoms with Gasteiger partial charge in [0.25, 0.3) is 0 Å². The zero-order valence-electron chi connectivity index (χ0n) is 14.7. The van der Waals surface area contributed by atoms with Crippen LogP contribution in [0, 0.1) is 0 Å². The lowest BCUT2D eigenvalue weighted by atomic mass is 10.1. The van der Waals surface area contributed by atoms with E-state index in [1.165, 1.54) is 6.20 Å². The summed E-state index contributed by atoms with van der Waals surface area (Å²) in [6.45, 7) is 5.93. The Bertz CT molecular complexity index is 712. The number of nitrogens with zero attached hydrogens (tertiary/aromatic N) is 1. The number of hydrogen-bond donors (Lipinski definition) is 2. The molecule has 25 heavy (non-hydrogen) atoms. The van der Waals surface area contributed by atoms with Crippen molar-refractivity contribution in [1.82, 2.24) is 4.98 Å². The van der Waals surface area contributed by atoms with E-state index >= 15 is 0 Å². The quantitative estimate of drug-likeness (QED) is 0.749. The molecule has 2 rings (SSSR count). The van der Waals surface area contributed by atoms with E-state index < -0.39 is 0 Å². The van der Waals surface area contributed by atoms with Gasteiger partial charge in [0.2, 0.25) is 5.91 Å². The Hall–Kier alpha value is -2.89. The standard InChI is InChI=1S/C19H23N3O3/c1-4-18(23)22-16-9-6-14(7-10-16)13(3)21-17-11-8-15(12-20-17)19(24)25-5-2/h6-13H,4-5H2,1-3H3,(H,20,21)(H,22,23). The summed E-state index contributed by atoms with van der Waals surface area (Å²) in [5.41, 5.74) is 2.27. The van der Waals surface area contributed by atoms with Crippen LogP contribution in [0.4, 0.5) is 11.5 Å².